The molecule has 1 atom stereocenters. The lowest BCUT2D eigenvalue weighted by Crippen LogP contribution is -2.31. The number of nitrogens with one attached hydrogen (secondary N) is 2. The Morgan fingerprint density at radius 2 is 1.62 bits per heavy atom. The summed E-state index contributed by atoms with van der Waals surface area (Å²) in [6.45, 7) is 5.08. The van der Waals surface area contributed by atoms with E-state index in [1.165, 1.54) is 16.3 Å². The van der Waals surface area contributed by atoms with Gasteiger partial charge in [0, 0.05) is 26.2 Å². The Morgan fingerprint density at radius 3 is 2.38 bits per heavy atom. The van der Waals surface area contributed by atoms with Crippen LogP contribution in [0.25, 0.3) is 10.8 Å². The molecule has 0 bridgehead atoms. The van der Waals surface area contributed by atoms with Gasteiger partial charge in [0.15, 0.2) is 0 Å². The molecule has 0 spiro atoms. The molecule has 118 valence electrons. The number of hydrogen-bond acceptors (Lipinski definition) is 3. The molecule has 3 nitrogen and oxygen atoms in total. The van der Waals surface area contributed by atoms with E-state index in [0.717, 1.165) is 19.6 Å². The molecule has 0 amide bonds. The van der Waals surface area contributed by atoms with Gasteiger partial charge in [0.1, 0.15) is 0 Å². The van der Waals surface area contributed by atoms with E-state index in [2.05, 4.69) is 53.1 Å². The highest BCUT2D eigenvalue weighted by molar-refractivity contribution is 5.86. The third-order valence-corrected chi connectivity index (χ3v) is 3.11. The Kier molecular flexibility index (Phi) is 10.4. The normalized spacial score (nSPS) is 11.5. The first kappa shape index (κ1) is 20.2. The average molecular weight is 331 g/mol. The van der Waals surface area contributed by atoms with E-state index >= 15 is 0 Å². The second kappa shape index (κ2) is 10.8. The van der Waals surface area contributed by atoms with E-state index < -0.39 is 0 Å². The van der Waals surface area contributed by atoms with E-state index in [4.69, 9.17) is 5.11 Å². The minimum Gasteiger partial charge on any atom is -0.392 e. The van der Waals surface area contributed by atoms with Crippen LogP contribution >= 0.6 is 24.8 Å². The van der Waals surface area contributed by atoms with Crippen molar-refractivity contribution in [2.45, 2.75) is 19.6 Å². The standard InChI is InChI=1S/C16H22N2O.2ClH/c1-13(19)11-17-9-10-18-12-15-7-4-6-14-5-2-3-8-16(14)15;;/h2-8,13,17-19H,9-12H2,1H3;2*1H. The van der Waals surface area contributed by atoms with Crippen molar-refractivity contribution in [3.8, 4) is 0 Å². The molecule has 3 N–H and O–H groups in total. The fraction of sp³-hybridized carbons (Fsp3) is 0.375. The first-order valence-corrected chi connectivity index (χ1v) is 6.83. The molecule has 0 aromatic heterocycles. The topological polar surface area (TPSA) is 44.3 Å². The SMILES string of the molecule is CC(O)CNCCNCc1cccc2ccccc12.Cl.Cl. The summed E-state index contributed by atoms with van der Waals surface area (Å²) in [4.78, 5) is 0. The van der Waals surface area contributed by atoms with Crippen molar-refractivity contribution in [3.63, 3.8) is 0 Å². The van der Waals surface area contributed by atoms with Gasteiger partial charge < -0.3 is 15.7 Å². The highest BCUT2D eigenvalue weighted by atomic mass is 35.5. The Balaban J connectivity index is 0.00000200. The van der Waals surface area contributed by atoms with E-state index in [-0.39, 0.29) is 30.9 Å². The van der Waals surface area contributed by atoms with Gasteiger partial charge in [-0.05, 0) is 23.3 Å². The van der Waals surface area contributed by atoms with Gasteiger partial charge in [0.05, 0.1) is 6.10 Å². The van der Waals surface area contributed by atoms with Gasteiger partial charge in [-0.3, -0.25) is 0 Å². The van der Waals surface area contributed by atoms with Crippen molar-refractivity contribution in [1.82, 2.24) is 10.6 Å². The Morgan fingerprint density at radius 1 is 0.952 bits per heavy atom. The summed E-state index contributed by atoms with van der Waals surface area (Å²) in [5.74, 6) is 0. The minimum absolute atomic E-state index is 0. The largest absolute Gasteiger partial charge is 0.392 e. The fourth-order valence-corrected chi connectivity index (χ4v) is 2.16. The molecule has 0 heterocycles. The second-order valence-electron chi connectivity index (χ2n) is 4.87. The van der Waals surface area contributed by atoms with Gasteiger partial charge in [-0.15, -0.1) is 24.8 Å². The molecule has 2 aromatic carbocycles. The average Bonchev–Trinajstić information content (AvgIpc) is 2.42. The van der Waals surface area contributed by atoms with E-state index in [1.807, 2.05) is 0 Å². The third kappa shape index (κ3) is 6.64. The van der Waals surface area contributed by atoms with Gasteiger partial charge in [-0.25, -0.2) is 0 Å². The first-order valence-electron chi connectivity index (χ1n) is 6.83. The summed E-state index contributed by atoms with van der Waals surface area (Å²) in [5, 5.41) is 18.3. The van der Waals surface area contributed by atoms with Gasteiger partial charge in [-0.2, -0.15) is 0 Å². The third-order valence-electron chi connectivity index (χ3n) is 3.11. The molecule has 0 aliphatic heterocycles. The molecule has 0 aliphatic rings. The van der Waals surface area contributed by atoms with Gasteiger partial charge >= 0.3 is 0 Å². The quantitative estimate of drug-likeness (QED) is 0.684. The van der Waals surface area contributed by atoms with Crippen molar-refractivity contribution in [3.05, 3.63) is 48.0 Å². The molecule has 0 fully saturated rings. The minimum atomic E-state index is -0.280. The molecular weight excluding hydrogens is 307 g/mol. The zero-order valence-corrected chi connectivity index (χ0v) is 13.8. The second-order valence-corrected chi connectivity index (χ2v) is 4.87. The lowest BCUT2D eigenvalue weighted by molar-refractivity contribution is 0.191. The zero-order valence-electron chi connectivity index (χ0n) is 12.2. The summed E-state index contributed by atoms with van der Waals surface area (Å²) >= 11 is 0. The van der Waals surface area contributed by atoms with Crippen LogP contribution in [0.3, 0.4) is 0 Å². The summed E-state index contributed by atoms with van der Waals surface area (Å²) < 4.78 is 0. The maximum absolute atomic E-state index is 9.12. The maximum Gasteiger partial charge on any atom is 0.0636 e. The smallest absolute Gasteiger partial charge is 0.0636 e. The number of rotatable bonds is 7. The van der Waals surface area contributed by atoms with Crippen molar-refractivity contribution in [2.24, 2.45) is 0 Å². The van der Waals surface area contributed by atoms with Crippen LogP contribution < -0.4 is 10.6 Å². The molecule has 0 saturated heterocycles. The lowest BCUT2D eigenvalue weighted by atomic mass is 10.0. The molecule has 1 unspecified atom stereocenters. The monoisotopic (exact) mass is 330 g/mol. The number of aliphatic hydroxyl groups excluding tert-OH is 1. The molecule has 5 heteroatoms. The summed E-state index contributed by atoms with van der Waals surface area (Å²) in [7, 11) is 0. The van der Waals surface area contributed by atoms with Gasteiger partial charge in [0.25, 0.3) is 0 Å². The van der Waals surface area contributed by atoms with Crippen LogP contribution in [0.5, 0.6) is 0 Å². The van der Waals surface area contributed by atoms with Gasteiger partial charge in [0.2, 0.25) is 0 Å². The van der Waals surface area contributed by atoms with Crippen molar-refractivity contribution >= 4 is 35.6 Å². The van der Waals surface area contributed by atoms with Crippen LogP contribution in [0.15, 0.2) is 42.5 Å². The van der Waals surface area contributed by atoms with Crippen LogP contribution in [0, 0.1) is 0 Å². The molecule has 21 heavy (non-hydrogen) atoms. The number of fused-ring (bicyclic) bond motifs is 1. The summed E-state index contributed by atoms with van der Waals surface area (Å²) in [5.41, 5.74) is 1.33. The Hall–Kier alpha value is -0.840. The Bertz CT molecular complexity index is 515. The zero-order chi connectivity index (χ0) is 13.5. The fourth-order valence-electron chi connectivity index (χ4n) is 2.16. The van der Waals surface area contributed by atoms with Crippen LogP contribution in [-0.2, 0) is 6.54 Å². The van der Waals surface area contributed by atoms with E-state index in [9.17, 15) is 0 Å². The number of benzene rings is 2. The van der Waals surface area contributed by atoms with E-state index in [0.29, 0.717) is 6.54 Å². The van der Waals surface area contributed by atoms with Crippen LogP contribution in [0.4, 0.5) is 0 Å². The predicted octanol–water partition coefficient (Wildman–Crippen LogP) is 2.74. The van der Waals surface area contributed by atoms with Crippen LogP contribution in [-0.4, -0.2) is 30.8 Å². The summed E-state index contributed by atoms with van der Waals surface area (Å²) in [6.07, 6.45) is -0.280. The first-order chi connectivity index (χ1) is 9.27. The molecular formula is C16H24Cl2N2O. The van der Waals surface area contributed by atoms with Crippen molar-refractivity contribution in [1.29, 1.82) is 0 Å². The van der Waals surface area contributed by atoms with Crippen molar-refractivity contribution in [2.75, 3.05) is 19.6 Å². The van der Waals surface area contributed by atoms with E-state index in [1.54, 1.807) is 6.92 Å². The molecule has 0 aliphatic carbocycles. The summed E-state index contributed by atoms with van der Waals surface area (Å²) in [6, 6.07) is 14.9. The number of hydrogen-bond donors (Lipinski definition) is 3. The molecule has 2 aromatic rings. The van der Waals surface area contributed by atoms with Crippen molar-refractivity contribution < 1.29 is 5.11 Å². The van der Waals surface area contributed by atoms with Gasteiger partial charge in [-0.1, -0.05) is 42.5 Å². The number of aliphatic hydroxyl groups is 1. The Labute approximate surface area is 139 Å². The number of halogens is 2. The lowest BCUT2D eigenvalue weighted by Gasteiger charge is -2.10. The predicted molar refractivity (Wildman–Crippen MR) is 94.7 cm³/mol. The highest BCUT2D eigenvalue weighted by Crippen LogP contribution is 2.17. The molecule has 0 saturated carbocycles. The van der Waals surface area contributed by atoms with Crippen LogP contribution in [0.1, 0.15) is 12.5 Å². The highest BCUT2D eigenvalue weighted by Gasteiger charge is 1.99. The van der Waals surface area contributed by atoms with Crippen LogP contribution in [0.2, 0.25) is 0 Å². The molecule has 0 radical (unpaired) electrons. The molecule has 2 rings (SSSR count). The maximum atomic E-state index is 9.12.